The molecule has 0 bridgehead atoms. The molecule has 3 saturated heterocycles. The lowest BCUT2D eigenvalue weighted by Gasteiger charge is -2.28. The summed E-state index contributed by atoms with van der Waals surface area (Å²) in [5.74, 6) is 1.72. The molecule has 0 aromatic heterocycles. The van der Waals surface area contributed by atoms with Gasteiger partial charge in [0.1, 0.15) is 0 Å². The Morgan fingerprint density at radius 1 is 1.04 bits per heavy atom. The number of nitrogens with one attached hydrogen (secondary N) is 1. The predicted molar refractivity (Wildman–Crippen MR) is 97.5 cm³/mol. The fraction of sp³-hybridized carbons (Fsp3) is 0.650. The first-order chi connectivity index (χ1) is 12.3. The van der Waals surface area contributed by atoms with Crippen LogP contribution in [0, 0.1) is 11.8 Å². The molecule has 1 aromatic carbocycles. The van der Waals surface area contributed by atoms with Gasteiger partial charge in [0.2, 0.25) is 0 Å². The van der Waals surface area contributed by atoms with Crippen LogP contribution < -0.4 is 5.32 Å². The topological polar surface area (TPSA) is 44.8 Å². The summed E-state index contributed by atoms with van der Waals surface area (Å²) in [5, 5.41) is 3.50. The summed E-state index contributed by atoms with van der Waals surface area (Å²) in [6.45, 7) is 8.36. The van der Waals surface area contributed by atoms with Crippen LogP contribution in [0.4, 0.5) is 0 Å². The van der Waals surface area contributed by atoms with Crippen LogP contribution in [0.15, 0.2) is 24.3 Å². The van der Waals surface area contributed by atoms with Gasteiger partial charge in [-0.2, -0.15) is 0 Å². The van der Waals surface area contributed by atoms with E-state index in [1.807, 2.05) is 18.2 Å². The fourth-order valence-corrected chi connectivity index (χ4v) is 4.46. The maximum absolute atomic E-state index is 13.2. The number of ether oxygens (including phenoxy) is 1. The molecule has 136 valence electrons. The minimum Gasteiger partial charge on any atom is -0.379 e. The van der Waals surface area contributed by atoms with E-state index in [4.69, 9.17) is 4.74 Å². The van der Waals surface area contributed by atoms with Gasteiger partial charge in [-0.3, -0.25) is 9.69 Å². The number of carbonyl (C=O) groups excluding carboxylic acids is 1. The highest BCUT2D eigenvalue weighted by atomic mass is 16.5. The van der Waals surface area contributed by atoms with Gasteiger partial charge < -0.3 is 15.0 Å². The Balaban J connectivity index is 1.46. The molecule has 5 heteroatoms. The molecule has 25 heavy (non-hydrogen) atoms. The molecule has 3 aliphatic heterocycles. The second kappa shape index (κ2) is 7.85. The molecule has 0 unspecified atom stereocenters. The Bertz CT molecular complexity index is 586. The smallest absolute Gasteiger partial charge is 0.254 e. The van der Waals surface area contributed by atoms with Crippen LogP contribution in [0.3, 0.4) is 0 Å². The van der Waals surface area contributed by atoms with Crippen molar-refractivity contribution in [2.24, 2.45) is 11.8 Å². The van der Waals surface area contributed by atoms with E-state index in [1.54, 1.807) is 0 Å². The lowest BCUT2D eigenvalue weighted by Crippen LogP contribution is -2.37. The van der Waals surface area contributed by atoms with Crippen molar-refractivity contribution >= 4 is 5.91 Å². The molecule has 2 atom stereocenters. The maximum Gasteiger partial charge on any atom is 0.254 e. The molecule has 4 rings (SSSR count). The summed E-state index contributed by atoms with van der Waals surface area (Å²) in [4.78, 5) is 17.7. The Morgan fingerprint density at radius 3 is 2.44 bits per heavy atom. The van der Waals surface area contributed by atoms with Crippen molar-refractivity contribution in [1.29, 1.82) is 0 Å². The highest BCUT2D eigenvalue weighted by molar-refractivity contribution is 5.95. The number of carbonyl (C=O) groups is 1. The largest absolute Gasteiger partial charge is 0.379 e. The van der Waals surface area contributed by atoms with Crippen molar-refractivity contribution in [2.45, 2.75) is 19.4 Å². The van der Waals surface area contributed by atoms with Crippen LogP contribution in [0.25, 0.3) is 0 Å². The second-order valence-corrected chi connectivity index (χ2v) is 7.59. The number of amides is 1. The lowest BCUT2D eigenvalue weighted by atomic mass is 9.92. The summed E-state index contributed by atoms with van der Waals surface area (Å²) < 4.78 is 5.44. The molecular weight excluding hydrogens is 314 g/mol. The molecule has 3 heterocycles. The summed E-state index contributed by atoms with van der Waals surface area (Å²) in [6.07, 6.45) is 2.27. The number of hydrogen-bond donors (Lipinski definition) is 1. The normalized spacial score (nSPS) is 27.8. The van der Waals surface area contributed by atoms with Crippen molar-refractivity contribution < 1.29 is 9.53 Å². The summed E-state index contributed by atoms with van der Waals surface area (Å²) in [5.41, 5.74) is 2.04. The zero-order valence-corrected chi connectivity index (χ0v) is 15.0. The summed E-state index contributed by atoms with van der Waals surface area (Å²) >= 11 is 0. The molecule has 0 aliphatic carbocycles. The molecule has 3 aliphatic rings. The van der Waals surface area contributed by atoms with E-state index in [0.717, 1.165) is 94.8 Å². The molecular formula is C20H29N3O2. The molecule has 1 amide bonds. The Hall–Kier alpha value is -1.43. The molecule has 3 fully saturated rings. The van der Waals surface area contributed by atoms with E-state index in [9.17, 15) is 4.79 Å². The Kier molecular flexibility index (Phi) is 5.34. The van der Waals surface area contributed by atoms with Crippen LogP contribution in [0.2, 0.25) is 0 Å². The Labute approximate surface area is 150 Å². The van der Waals surface area contributed by atoms with Gasteiger partial charge in [0.25, 0.3) is 5.91 Å². The van der Waals surface area contributed by atoms with Gasteiger partial charge in [0, 0.05) is 38.3 Å². The number of rotatable bonds is 3. The average Bonchev–Trinajstić information content (AvgIpc) is 3.01. The van der Waals surface area contributed by atoms with Gasteiger partial charge in [-0.15, -0.1) is 0 Å². The van der Waals surface area contributed by atoms with E-state index < -0.39 is 0 Å². The highest BCUT2D eigenvalue weighted by Gasteiger charge is 2.32. The number of likely N-dealkylation sites (tertiary alicyclic amines) is 1. The van der Waals surface area contributed by atoms with Gasteiger partial charge in [0.15, 0.2) is 0 Å². The van der Waals surface area contributed by atoms with Crippen LogP contribution in [-0.2, 0) is 11.3 Å². The zero-order chi connectivity index (χ0) is 17.1. The maximum atomic E-state index is 13.2. The van der Waals surface area contributed by atoms with Crippen molar-refractivity contribution in [1.82, 2.24) is 15.1 Å². The Morgan fingerprint density at radius 2 is 1.72 bits per heavy atom. The van der Waals surface area contributed by atoms with Gasteiger partial charge in [-0.25, -0.2) is 0 Å². The molecule has 0 spiro atoms. The molecule has 5 nitrogen and oxygen atoms in total. The number of benzene rings is 1. The van der Waals surface area contributed by atoms with E-state index in [-0.39, 0.29) is 5.91 Å². The fourth-order valence-electron chi connectivity index (χ4n) is 4.46. The number of morpholine rings is 1. The van der Waals surface area contributed by atoms with E-state index in [1.165, 1.54) is 0 Å². The summed E-state index contributed by atoms with van der Waals surface area (Å²) in [7, 11) is 0. The lowest BCUT2D eigenvalue weighted by molar-refractivity contribution is 0.0340. The third kappa shape index (κ3) is 3.89. The van der Waals surface area contributed by atoms with Crippen LogP contribution in [0.5, 0.6) is 0 Å². The van der Waals surface area contributed by atoms with Crippen molar-refractivity contribution in [3.8, 4) is 0 Å². The van der Waals surface area contributed by atoms with Crippen LogP contribution in [0.1, 0.15) is 28.8 Å². The summed E-state index contributed by atoms with van der Waals surface area (Å²) in [6, 6.07) is 8.15. The molecule has 0 saturated carbocycles. The first kappa shape index (κ1) is 17.0. The van der Waals surface area contributed by atoms with E-state index >= 15 is 0 Å². The zero-order valence-electron chi connectivity index (χ0n) is 15.0. The third-order valence-corrected chi connectivity index (χ3v) is 6.05. The first-order valence-corrected chi connectivity index (χ1v) is 9.69. The van der Waals surface area contributed by atoms with Crippen LogP contribution >= 0.6 is 0 Å². The molecule has 1 aromatic rings. The minimum absolute atomic E-state index is 0.219. The van der Waals surface area contributed by atoms with Crippen molar-refractivity contribution in [3.63, 3.8) is 0 Å². The van der Waals surface area contributed by atoms with E-state index in [0.29, 0.717) is 0 Å². The van der Waals surface area contributed by atoms with Crippen LogP contribution in [-0.4, -0.2) is 68.2 Å². The third-order valence-electron chi connectivity index (χ3n) is 6.05. The van der Waals surface area contributed by atoms with Gasteiger partial charge in [-0.1, -0.05) is 18.2 Å². The number of fused-ring (bicyclic) bond motifs is 1. The van der Waals surface area contributed by atoms with Crippen molar-refractivity contribution in [3.05, 3.63) is 35.4 Å². The molecule has 1 N–H and O–H groups in total. The first-order valence-electron chi connectivity index (χ1n) is 9.69. The predicted octanol–water partition coefficient (Wildman–Crippen LogP) is 1.59. The number of hydrogen-bond acceptors (Lipinski definition) is 4. The number of nitrogens with zero attached hydrogens (tertiary/aromatic N) is 2. The second-order valence-electron chi connectivity index (χ2n) is 7.59. The van der Waals surface area contributed by atoms with E-state index in [2.05, 4.69) is 21.2 Å². The standard InChI is InChI=1S/C20H29N3O2/c24-20(23-7-5-16-13-21-14-17(16)6-8-23)19-4-2-1-3-18(19)15-22-9-11-25-12-10-22/h1-4,16-17,21H,5-15H2/t16-,17+. The van der Waals surface area contributed by atoms with Gasteiger partial charge in [0.05, 0.1) is 13.2 Å². The minimum atomic E-state index is 0.219. The van der Waals surface area contributed by atoms with Gasteiger partial charge in [-0.05, 0) is 49.4 Å². The molecule has 0 radical (unpaired) electrons. The van der Waals surface area contributed by atoms with Gasteiger partial charge >= 0.3 is 0 Å². The highest BCUT2D eigenvalue weighted by Crippen LogP contribution is 2.28. The van der Waals surface area contributed by atoms with Crippen molar-refractivity contribution in [2.75, 3.05) is 52.5 Å². The quantitative estimate of drug-likeness (QED) is 0.905. The monoisotopic (exact) mass is 343 g/mol. The average molecular weight is 343 g/mol. The SMILES string of the molecule is O=C(c1ccccc1CN1CCOCC1)N1CC[C@@H]2CNC[C@@H]2CC1.